The Morgan fingerprint density at radius 3 is 2.71 bits per heavy atom. The molecule has 0 aromatic carbocycles. The molecule has 1 fully saturated rings. The van der Waals surface area contributed by atoms with Crippen molar-refractivity contribution in [2.75, 3.05) is 31.2 Å². The van der Waals surface area contributed by atoms with Gasteiger partial charge in [-0.05, 0) is 20.7 Å². The summed E-state index contributed by atoms with van der Waals surface area (Å²) in [6, 6.07) is 0. The highest BCUT2D eigenvalue weighted by molar-refractivity contribution is 5.65. The first-order chi connectivity index (χ1) is 8.36. The highest BCUT2D eigenvalue weighted by Crippen LogP contribution is 2.25. The number of nitrogens with zero attached hydrogens (tertiary/aromatic N) is 7. The van der Waals surface area contributed by atoms with Crippen molar-refractivity contribution in [3.63, 3.8) is 0 Å². The zero-order valence-electron chi connectivity index (χ0n) is 8.72. The molecule has 1 saturated heterocycles. The Labute approximate surface area is 94.7 Å². The second kappa shape index (κ2) is 3.97. The first kappa shape index (κ1) is 9.96. The molecule has 0 spiro atoms. The van der Waals surface area contributed by atoms with Crippen molar-refractivity contribution in [2.45, 2.75) is 0 Å². The SMILES string of the molecule is On1nnnc1-c1nonc1N1CCOCC1. The van der Waals surface area contributed by atoms with Gasteiger partial charge >= 0.3 is 0 Å². The third kappa shape index (κ3) is 1.67. The number of rotatable bonds is 2. The molecule has 0 aliphatic carbocycles. The Balaban J connectivity index is 1.96. The lowest BCUT2D eigenvalue weighted by atomic mass is 10.3. The molecular weight excluding hydrogens is 230 g/mol. The van der Waals surface area contributed by atoms with Crippen LogP contribution in [0.4, 0.5) is 5.82 Å². The summed E-state index contributed by atoms with van der Waals surface area (Å²) in [7, 11) is 0. The standard InChI is InChI=1S/C7H9N7O3/c15-14-6(8-11-12-14)5-7(10-17-9-5)13-1-3-16-4-2-13/h15H,1-4H2. The number of tetrazole rings is 1. The van der Waals surface area contributed by atoms with Crippen LogP contribution in [0.1, 0.15) is 0 Å². The van der Waals surface area contributed by atoms with Gasteiger partial charge in [0.1, 0.15) is 0 Å². The molecule has 10 nitrogen and oxygen atoms in total. The first-order valence-electron chi connectivity index (χ1n) is 4.99. The molecular formula is C7H9N7O3. The van der Waals surface area contributed by atoms with E-state index in [0.717, 1.165) is 0 Å². The molecule has 3 rings (SSSR count). The summed E-state index contributed by atoms with van der Waals surface area (Å²) in [4.78, 5) is 2.47. The van der Waals surface area contributed by atoms with E-state index >= 15 is 0 Å². The Kier molecular flexibility index (Phi) is 2.33. The lowest BCUT2D eigenvalue weighted by molar-refractivity contribution is 0.122. The van der Waals surface area contributed by atoms with E-state index in [9.17, 15) is 5.21 Å². The van der Waals surface area contributed by atoms with Gasteiger partial charge in [-0.1, -0.05) is 4.85 Å². The van der Waals surface area contributed by atoms with Crippen molar-refractivity contribution < 1.29 is 14.6 Å². The van der Waals surface area contributed by atoms with Crippen LogP contribution in [0.3, 0.4) is 0 Å². The molecule has 0 amide bonds. The molecule has 0 saturated carbocycles. The van der Waals surface area contributed by atoms with E-state index in [0.29, 0.717) is 42.7 Å². The zero-order valence-corrected chi connectivity index (χ0v) is 8.72. The van der Waals surface area contributed by atoms with E-state index < -0.39 is 0 Å². The monoisotopic (exact) mass is 239 g/mol. The van der Waals surface area contributed by atoms with Gasteiger partial charge in [-0.15, -0.1) is 5.10 Å². The van der Waals surface area contributed by atoms with Crippen molar-refractivity contribution in [1.29, 1.82) is 0 Å². The van der Waals surface area contributed by atoms with E-state index in [2.05, 4.69) is 30.5 Å². The van der Waals surface area contributed by atoms with Gasteiger partial charge in [0.05, 0.1) is 13.2 Å². The van der Waals surface area contributed by atoms with Crippen LogP contribution in [0.5, 0.6) is 0 Å². The molecule has 0 bridgehead atoms. The van der Waals surface area contributed by atoms with Gasteiger partial charge in [-0.2, -0.15) is 0 Å². The average Bonchev–Trinajstić information content (AvgIpc) is 2.98. The number of anilines is 1. The first-order valence-corrected chi connectivity index (χ1v) is 4.99. The third-order valence-corrected chi connectivity index (χ3v) is 2.45. The fourth-order valence-corrected chi connectivity index (χ4v) is 1.63. The summed E-state index contributed by atoms with van der Waals surface area (Å²) in [5, 5.41) is 27.2. The van der Waals surface area contributed by atoms with E-state index in [1.807, 2.05) is 4.90 Å². The van der Waals surface area contributed by atoms with Crippen LogP contribution in [-0.4, -0.2) is 62.2 Å². The second-order valence-corrected chi connectivity index (χ2v) is 3.43. The Morgan fingerprint density at radius 2 is 2.00 bits per heavy atom. The molecule has 17 heavy (non-hydrogen) atoms. The molecule has 90 valence electrons. The molecule has 1 N–H and O–H groups in total. The van der Waals surface area contributed by atoms with Crippen LogP contribution in [0, 0.1) is 0 Å². The molecule has 0 atom stereocenters. The maximum absolute atomic E-state index is 9.37. The lowest BCUT2D eigenvalue weighted by Gasteiger charge is -2.26. The maximum atomic E-state index is 9.37. The van der Waals surface area contributed by atoms with Crippen molar-refractivity contribution >= 4 is 5.82 Å². The van der Waals surface area contributed by atoms with Crippen LogP contribution >= 0.6 is 0 Å². The maximum Gasteiger partial charge on any atom is 0.248 e. The van der Waals surface area contributed by atoms with Crippen molar-refractivity contribution in [3.05, 3.63) is 0 Å². The Bertz CT molecular complexity index is 503. The van der Waals surface area contributed by atoms with Crippen LogP contribution in [-0.2, 0) is 4.74 Å². The predicted octanol–water partition coefficient (Wildman–Crippen LogP) is -1.20. The molecule has 2 aromatic rings. The summed E-state index contributed by atoms with van der Waals surface area (Å²) in [6.45, 7) is 2.56. The molecule has 2 aromatic heterocycles. The van der Waals surface area contributed by atoms with Gasteiger partial charge in [0, 0.05) is 13.1 Å². The minimum Gasteiger partial charge on any atom is -0.409 e. The van der Waals surface area contributed by atoms with Crippen molar-refractivity contribution in [3.8, 4) is 11.5 Å². The molecule has 0 unspecified atom stereocenters. The number of aromatic nitrogens is 6. The van der Waals surface area contributed by atoms with E-state index in [1.165, 1.54) is 0 Å². The minimum atomic E-state index is 0.0905. The van der Waals surface area contributed by atoms with Crippen molar-refractivity contribution in [2.24, 2.45) is 0 Å². The number of morpholine rings is 1. The van der Waals surface area contributed by atoms with Crippen LogP contribution in [0.15, 0.2) is 4.63 Å². The van der Waals surface area contributed by atoms with Crippen LogP contribution < -0.4 is 4.90 Å². The fourth-order valence-electron chi connectivity index (χ4n) is 1.63. The smallest absolute Gasteiger partial charge is 0.248 e. The summed E-state index contributed by atoms with van der Waals surface area (Å²) in [6.07, 6.45) is 0. The average molecular weight is 239 g/mol. The summed E-state index contributed by atoms with van der Waals surface area (Å²) < 4.78 is 9.91. The Morgan fingerprint density at radius 1 is 1.18 bits per heavy atom. The van der Waals surface area contributed by atoms with Gasteiger partial charge in [0.25, 0.3) is 0 Å². The number of ether oxygens (including phenoxy) is 1. The lowest BCUT2D eigenvalue weighted by Crippen LogP contribution is -2.36. The fraction of sp³-hybridized carbons (Fsp3) is 0.571. The molecule has 1 aliphatic heterocycles. The number of hydrogen-bond acceptors (Lipinski definition) is 9. The highest BCUT2D eigenvalue weighted by Gasteiger charge is 2.25. The summed E-state index contributed by atoms with van der Waals surface area (Å²) in [5.41, 5.74) is 0.305. The topological polar surface area (TPSA) is 115 Å². The minimum absolute atomic E-state index is 0.0905. The van der Waals surface area contributed by atoms with Gasteiger partial charge in [-0.3, -0.25) is 0 Å². The largest absolute Gasteiger partial charge is 0.409 e. The van der Waals surface area contributed by atoms with E-state index in [1.54, 1.807) is 0 Å². The summed E-state index contributed by atoms with van der Waals surface area (Å²) >= 11 is 0. The van der Waals surface area contributed by atoms with Gasteiger partial charge in [0.15, 0.2) is 0 Å². The molecule has 0 radical (unpaired) electrons. The molecule has 1 aliphatic rings. The quantitative estimate of drug-likeness (QED) is 0.644. The van der Waals surface area contributed by atoms with E-state index in [4.69, 9.17) is 4.74 Å². The van der Waals surface area contributed by atoms with Gasteiger partial charge in [-0.25, -0.2) is 4.63 Å². The van der Waals surface area contributed by atoms with Crippen LogP contribution in [0.25, 0.3) is 11.5 Å². The normalized spacial score (nSPS) is 16.4. The molecule has 3 heterocycles. The van der Waals surface area contributed by atoms with Crippen molar-refractivity contribution in [1.82, 2.24) is 30.7 Å². The van der Waals surface area contributed by atoms with E-state index in [-0.39, 0.29) is 5.82 Å². The number of hydrogen-bond donors (Lipinski definition) is 1. The Hall–Kier alpha value is -2.23. The summed E-state index contributed by atoms with van der Waals surface area (Å²) in [5.74, 6) is 0.589. The van der Waals surface area contributed by atoms with Crippen LogP contribution in [0.2, 0.25) is 0 Å². The van der Waals surface area contributed by atoms with Gasteiger partial charge < -0.3 is 14.8 Å². The second-order valence-electron chi connectivity index (χ2n) is 3.43. The third-order valence-electron chi connectivity index (χ3n) is 2.45. The molecule has 10 heteroatoms. The predicted molar refractivity (Wildman–Crippen MR) is 51.3 cm³/mol. The zero-order chi connectivity index (χ0) is 11.7. The van der Waals surface area contributed by atoms with Gasteiger partial charge in [0.2, 0.25) is 17.3 Å². The highest BCUT2D eigenvalue weighted by atomic mass is 16.6.